The highest BCUT2D eigenvalue weighted by molar-refractivity contribution is 6.31. The number of aliphatic imine (C=N–C) groups is 1. The van der Waals surface area contributed by atoms with Crippen LogP contribution < -0.4 is 10.6 Å². The van der Waals surface area contributed by atoms with Crippen molar-refractivity contribution in [1.82, 2.24) is 15.6 Å². The monoisotopic (exact) mass is 306 g/mol. The molecule has 5 heteroatoms. The van der Waals surface area contributed by atoms with E-state index in [2.05, 4.69) is 34.5 Å². The Labute approximate surface area is 131 Å². The average Bonchev–Trinajstić information content (AvgIpc) is 2.88. The van der Waals surface area contributed by atoms with Crippen LogP contribution in [0.15, 0.2) is 29.4 Å². The number of guanidine groups is 1. The lowest BCUT2D eigenvalue weighted by Gasteiger charge is -2.16. The molecule has 0 aliphatic carbocycles. The molecular formula is C16H23ClN4. The Bertz CT molecular complexity index is 618. The Kier molecular flexibility index (Phi) is 5.51. The standard InChI is InChI=1S/C16H23ClN4/c1-4-11(2)21-16(18-3)19-8-7-12-10-20-15-6-5-13(17)9-14(12)15/h5-6,9-11,20H,4,7-8H2,1-3H3,(H2,18,19,21). The van der Waals surface area contributed by atoms with Gasteiger partial charge in [-0.3, -0.25) is 4.99 Å². The smallest absolute Gasteiger partial charge is 0.191 e. The molecule has 114 valence electrons. The maximum Gasteiger partial charge on any atom is 0.191 e. The highest BCUT2D eigenvalue weighted by Crippen LogP contribution is 2.22. The number of nitrogens with one attached hydrogen (secondary N) is 3. The van der Waals surface area contributed by atoms with Crippen LogP contribution in [-0.4, -0.2) is 30.6 Å². The summed E-state index contributed by atoms with van der Waals surface area (Å²) in [5, 5.41) is 8.65. The molecule has 2 rings (SSSR count). The molecule has 0 amide bonds. The van der Waals surface area contributed by atoms with Gasteiger partial charge < -0.3 is 15.6 Å². The molecule has 1 aromatic heterocycles. The molecule has 0 bridgehead atoms. The van der Waals surface area contributed by atoms with Gasteiger partial charge in [-0.05, 0) is 43.5 Å². The second kappa shape index (κ2) is 7.36. The highest BCUT2D eigenvalue weighted by Gasteiger charge is 2.06. The minimum absolute atomic E-state index is 0.420. The van der Waals surface area contributed by atoms with Gasteiger partial charge in [-0.15, -0.1) is 0 Å². The molecule has 0 saturated carbocycles. The molecule has 21 heavy (non-hydrogen) atoms. The van der Waals surface area contributed by atoms with E-state index in [0.29, 0.717) is 6.04 Å². The van der Waals surface area contributed by atoms with E-state index in [1.165, 1.54) is 10.9 Å². The van der Waals surface area contributed by atoms with Crippen molar-refractivity contribution in [3.8, 4) is 0 Å². The fraction of sp³-hybridized carbons (Fsp3) is 0.438. The van der Waals surface area contributed by atoms with Crippen LogP contribution in [0.4, 0.5) is 0 Å². The average molecular weight is 307 g/mol. The summed E-state index contributed by atoms with van der Waals surface area (Å²) in [6, 6.07) is 6.34. The lowest BCUT2D eigenvalue weighted by atomic mass is 10.1. The summed E-state index contributed by atoms with van der Waals surface area (Å²) in [6.45, 7) is 5.13. The number of H-pyrrole nitrogens is 1. The Morgan fingerprint density at radius 3 is 2.95 bits per heavy atom. The van der Waals surface area contributed by atoms with Crippen molar-refractivity contribution >= 4 is 28.5 Å². The van der Waals surface area contributed by atoms with Crippen LogP contribution in [0.1, 0.15) is 25.8 Å². The van der Waals surface area contributed by atoms with Crippen molar-refractivity contribution in [2.24, 2.45) is 4.99 Å². The van der Waals surface area contributed by atoms with Gasteiger partial charge >= 0.3 is 0 Å². The van der Waals surface area contributed by atoms with Gasteiger partial charge in [0, 0.05) is 41.8 Å². The number of nitrogens with zero attached hydrogens (tertiary/aromatic N) is 1. The molecule has 0 saturated heterocycles. The first-order valence-electron chi connectivity index (χ1n) is 7.36. The van der Waals surface area contributed by atoms with Gasteiger partial charge in [0.25, 0.3) is 0 Å². The molecule has 1 heterocycles. The quantitative estimate of drug-likeness (QED) is 0.586. The maximum absolute atomic E-state index is 6.07. The van der Waals surface area contributed by atoms with E-state index in [1.54, 1.807) is 7.05 Å². The predicted molar refractivity (Wildman–Crippen MR) is 91.3 cm³/mol. The molecule has 0 fully saturated rings. The summed E-state index contributed by atoms with van der Waals surface area (Å²) in [7, 11) is 1.79. The number of hydrogen-bond acceptors (Lipinski definition) is 1. The van der Waals surface area contributed by atoms with E-state index in [1.807, 2.05) is 24.4 Å². The van der Waals surface area contributed by atoms with E-state index in [-0.39, 0.29) is 0 Å². The number of fused-ring (bicyclic) bond motifs is 1. The Balaban J connectivity index is 1.94. The normalized spacial score (nSPS) is 13.4. The first-order chi connectivity index (χ1) is 10.1. The van der Waals surface area contributed by atoms with Crippen molar-refractivity contribution in [1.29, 1.82) is 0 Å². The third-order valence-electron chi connectivity index (χ3n) is 3.64. The second-order valence-electron chi connectivity index (χ2n) is 5.21. The van der Waals surface area contributed by atoms with Gasteiger partial charge in [0.2, 0.25) is 0 Å². The summed E-state index contributed by atoms with van der Waals surface area (Å²) in [5.74, 6) is 0.849. The maximum atomic E-state index is 6.07. The summed E-state index contributed by atoms with van der Waals surface area (Å²) in [5.41, 5.74) is 2.38. The van der Waals surface area contributed by atoms with Gasteiger partial charge in [-0.25, -0.2) is 0 Å². The molecule has 3 N–H and O–H groups in total. The summed E-state index contributed by atoms with van der Waals surface area (Å²) < 4.78 is 0. The van der Waals surface area contributed by atoms with Crippen molar-refractivity contribution in [3.63, 3.8) is 0 Å². The summed E-state index contributed by atoms with van der Waals surface area (Å²) in [6.07, 6.45) is 4.04. The van der Waals surface area contributed by atoms with Crippen LogP contribution in [0.3, 0.4) is 0 Å². The van der Waals surface area contributed by atoms with Gasteiger partial charge in [0.1, 0.15) is 0 Å². The predicted octanol–water partition coefficient (Wildman–Crippen LogP) is 3.33. The Hall–Kier alpha value is -1.68. The summed E-state index contributed by atoms with van der Waals surface area (Å²) >= 11 is 6.07. The number of halogens is 1. The van der Waals surface area contributed by atoms with Crippen molar-refractivity contribution in [2.75, 3.05) is 13.6 Å². The van der Waals surface area contributed by atoms with Crippen LogP contribution in [0.25, 0.3) is 10.9 Å². The van der Waals surface area contributed by atoms with E-state index < -0.39 is 0 Å². The second-order valence-corrected chi connectivity index (χ2v) is 5.64. The van der Waals surface area contributed by atoms with Crippen molar-refractivity contribution < 1.29 is 0 Å². The lowest BCUT2D eigenvalue weighted by Crippen LogP contribution is -2.42. The Morgan fingerprint density at radius 2 is 2.24 bits per heavy atom. The fourth-order valence-electron chi connectivity index (χ4n) is 2.20. The number of benzene rings is 1. The third-order valence-corrected chi connectivity index (χ3v) is 3.87. The van der Waals surface area contributed by atoms with Crippen LogP contribution >= 0.6 is 11.6 Å². The van der Waals surface area contributed by atoms with Gasteiger partial charge in [0.15, 0.2) is 5.96 Å². The molecule has 1 aromatic carbocycles. The van der Waals surface area contributed by atoms with Crippen LogP contribution in [0.2, 0.25) is 5.02 Å². The lowest BCUT2D eigenvalue weighted by molar-refractivity contribution is 0.624. The van der Waals surface area contributed by atoms with E-state index >= 15 is 0 Å². The zero-order valence-electron chi connectivity index (χ0n) is 12.8. The van der Waals surface area contributed by atoms with E-state index in [9.17, 15) is 0 Å². The largest absolute Gasteiger partial charge is 0.361 e. The van der Waals surface area contributed by atoms with Gasteiger partial charge in [0.05, 0.1) is 0 Å². The first-order valence-corrected chi connectivity index (χ1v) is 7.74. The zero-order chi connectivity index (χ0) is 15.2. The van der Waals surface area contributed by atoms with Crippen LogP contribution in [0.5, 0.6) is 0 Å². The summed E-state index contributed by atoms with van der Waals surface area (Å²) in [4.78, 5) is 7.51. The molecule has 0 spiro atoms. The van der Waals surface area contributed by atoms with E-state index in [0.717, 1.165) is 35.9 Å². The molecule has 0 aliphatic heterocycles. The zero-order valence-corrected chi connectivity index (χ0v) is 13.6. The van der Waals surface area contributed by atoms with Crippen molar-refractivity contribution in [3.05, 3.63) is 35.0 Å². The third kappa shape index (κ3) is 4.14. The molecule has 0 radical (unpaired) electrons. The number of hydrogen-bond donors (Lipinski definition) is 3. The van der Waals surface area contributed by atoms with Crippen LogP contribution in [-0.2, 0) is 6.42 Å². The topological polar surface area (TPSA) is 52.2 Å². The minimum atomic E-state index is 0.420. The fourth-order valence-corrected chi connectivity index (χ4v) is 2.38. The number of rotatable bonds is 5. The van der Waals surface area contributed by atoms with Crippen molar-refractivity contribution in [2.45, 2.75) is 32.7 Å². The Morgan fingerprint density at radius 1 is 1.43 bits per heavy atom. The first kappa shape index (κ1) is 15.7. The molecule has 2 aromatic rings. The highest BCUT2D eigenvalue weighted by atomic mass is 35.5. The van der Waals surface area contributed by atoms with Gasteiger partial charge in [-0.2, -0.15) is 0 Å². The number of aromatic amines is 1. The molecule has 4 nitrogen and oxygen atoms in total. The van der Waals surface area contributed by atoms with Gasteiger partial charge in [-0.1, -0.05) is 18.5 Å². The minimum Gasteiger partial charge on any atom is -0.361 e. The molecule has 1 atom stereocenters. The number of aromatic nitrogens is 1. The molecule has 0 aliphatic rings. The van der Waals surface area contributed by atoms with E-state index in [4.69, 9.17) is 11.6 Å². The molecular weight excluding hydrogens is 284 g/mol. The SMILES string of the molecule is CCC(C)NC(=NC)NCCc1c[nH]c2ccc(Cl)cc12. The molecule has 1 unspecified atom stereocenters. The van der Waals surface area contributed by atoms with Crippen LogP contribution in [0, 0.1) is 0 Å².